The third kappa shape index (κ3) is 2.69. The van der Waals surface area contributed by atoms with E-state index in [2.05, 4.69) is 44.0 Å². The van der Waals surface area contributed by atoms with Crippen LogP contribution in [0.3, 0.4) is 0 Å². The summed E-state index contributed by atoms with van der Waals surface area (Å²) in [5.74, 6) is 1.39. The smallest absolute Gasteiger partial charge is 0.0331 e. The van der Waals surface area contributed by atoms with Crippen molar-refractivity contribution in [3.8, 4) is 0 Å². The molecule has 1 aliphatic heterocycles. The van der Waals surface area contributed by atoms with E-state index in [1.165, 1.54) is 32.4 Å². The summed E-state index contributed by atoms with van der Waals surface area (Å²) >= 11 is 1.93. The summed E-state index contributed by atoms with van der Waals surface area (Å²) in [5.41, 5.74) is 8.24. The van der Waals surface area contributed by atoms with E-state index in [0.717, 1.165) is 5.92 Å². The second-order valence-electron chi connectivity index (χ2n) is 7.77. The molecule has 21 heavy (non-hydrogen) atoms. The molecular weight excluding hydrogens is 276 g/mol. The van der Waals surface area contributed by atoms with Crippen molar-refractivity contribution in [1.29, 1.82) is 0 Å². The van der Waals surface area contributed by atoms with Crippen LogP contribution in [-0.4, -0.2) is 24.0 Å². The quantitative estimate of drug-likeness (QED) is 0.892. The first-order valence-electron chi connectivity index (χ1n) is 8.47. The van der Waals surface area contributed by atoms with Gasteiger partial charge in [0, 0.05) is 30.1 Å². The number of hydrogen-bond donors (Lipinski definition) is 1. The molecule has 2 aliphatic rings. The lowest BCUT2D eigenvalue weighted by Crippen LogP contribution is -2.50. The zero-order valence-electron chi connectivity index (χ0n) is 13.9. The van der Waals surface area contributed by atoms with Crippen molar-refractivity contribution in [3.63, 3.8) is 0 Å². The van der Waals surface area contributed by atoms with E-state index in [4.69, 9.17) is 5.73 Å². The Morgan fingerprint density at radius 3 is 2.86 bits per heavy atom. The summed E-state index contributed by atoms with van der Waals surface area (Å²) in [6, 6.07) is 3.31. The molecule has 0 spiro atoms. The van der Waals surface area contributed by atoms with Crippen LogP contribution in [0.5, 0.6) is 0 Å². The first-order valence-corrected chi connectivity index (χ1v) is 9.35. The second kappa shape index (κ2) is 5.68. The first-order chi connectivity index (χ1) is 9.91. The summed E-state index contributed by atoms with van der Waals surface area (Å²) in [4.78, 5) is 4.32. The molecule has 3 rings (SSSR count). The van der Waals surface area contributed by atoms with Gasteiger partial charge in [-0.15, -0.1) is 11.3 Å². The molecule has 2 nitrogen and oxygen atoms in total. The third-order valence-corrected chi connectivity index (χ3v) is 7.57. The van der Waals surface area contributed by atoms with Crippen molar-refractivity contribution >= 4 is 11.3 Å². The molecule has 1 aliphatic carbocycles. The van der Waals surface area contributed by atoms with Crippen molar-refractivity contribution in [2.45, 2.75) is 59.0 Å². The molecule has 2 heterocycles. The molecule has 4 atom stereocenters. The van der Waals surface area contributed by atoms with E-state index >= 15 is 0 Å². The van der Waals surface area contributed by atoms with Gasteiger partial charge < -0.3 is 5.73 Å². The summed E-state index contributed by atoms with van der Waals surface area (Å²) < 4.78 is 0. The van der Waals surface area contributed by atoms with Gasteiger partial charge in [-0.25, -0.2) is 0 Å². The van der Waals surface area contributed by atoms with E-state index in [0.29, 0.717) is 23.4 Å². The van der Waals surface area contributed by atoms with Crippen LogP contribution in [0, 0.1) is 17.3 Å². The Labute approximate surface area is 133 Å². The van der Waals surface area contributed by atoms with E-state index in [-0.39, 0.29) is 0 Å². The van der Waals surface area contributed by atoms with Crippen molar-refractivity contribution < 1.29 is 0 Å². The fourth-order valence-corrected chi connectivity index (χ4v) is 5.32. The summed E-state index contributed by atoms with van der Waals surface area (Å²) in [5, 5.41) is 2.26. The van der Waals surface area contributed by atoms with Gasteiger partial charge in [0.2, 0.25) is 0 Å². The first kappa shape index (κ1) is 15.5. The largest absolute Gasteiger partial charge is 0.327 e. The highest BCUT2D eigenvalue weighted by atomic mass is 32.1. The second-order valence-corrected chi connectivity index (χ2v) is 8.77. The molecule has 0 amide bonds. The highest BCUT2D eigenvalue weighted by Gasteiger charge is 2.42. The van der Waals surface area contributed by atoms with Crippen LogP contribution in [-0.2, 0) is 6.42 Å². The zero-order chi connectivity index (χ0) is 15.2. The van der Waals surface area contributed by atoms with Crippen molar-refractivity contribution in [2.75, 3.05) is 13.1 Å². The van der Waals surface area contributed by atoms with Gasteiger partial charge in [0.25, 0.3) is 0 Å². The van der Waals surface area contributed by atoms with Crippen LogP contribution in [0.25, 0.3) is 0 Å². The van der Waals surface area contributed by atoms with Crippen LogP contribution in [0.15, 0.2) is 11.4 Å². The fraction of sp³-hybridized carbons (Fsp3) is 0.778. The minimum absolute atomic E-state index is 0.353. The van der Waals surface area contributed by atoms with Crippen LogP contribution >= 0.6 is 11.3 Å². The molecule has 1 aromatic rings. The van der Waals surface area contributed by atoms with E-state index in [1.807, 2.05) is 11.3 Å². The average Bonchev–Trinajstić information content (AvgIpc) is 2.92. The lowest BCUT2D eigenvalue weighted by Gasteiger charge is -2.49. The summed E-state index contributed by atoms with van der Waals surface area (Å²) in [6.45, 7) is 12.1. The van der Waals surface area contributed by atoms with Gasteiger partial charge in [-0.1, -0.05) is 20.8 Å². The Kier molecular flexibility index (Phi) is 4.19. The SMILES string of the molecule is CC1c2ccsc2CCN1CC1CCC(N)C(C)C1(C)C. The average molecular weight is 307 g/mol. The maximum atomic E-state index is 6.31. The Morgan fingerprint density at radius 2 is 2.10 bits per heavy atom. The number of fused-ring (bicyclic) bond motifs is 1. The number of nitrogens with zero attached hydrogens (tertiary/aromatic N) is 1. The normalized spacial score (nSPS) is 36.4. The summed E-state index contributed by atoms with van der Waals surface area (Å²) in [6.07, 6.45) is 3.72. The maximum absolute atomic E-state index is 6.31. The Balaban J connectivity index is 1.72. The lowest BCUT2D eigenvalue weighted by atomic mass is 9.61. The van der Waals surface area contributed by atoms with Gasteiger partial charge in [0.15, 0.2) is 0 Å². The van der Waals surface area contributed by atoms with Gasteiger partial charge >= 0.3 is 0 Å². The van der Waals surface area contributed by atoms with Gasteiger partial charge in [-0.3, -0.25) is 4.90 Å². The predicted molar refractivity (Wildman–Crippen MR) is 91.7 cm³/mol. The highest BCUT2D eigenvalue weighted by molar-refractivity contribution is 7.10. The molecule has 1 fully saturated rings. The number of thiophene rings is 1. The molecule has 118 valence electrons. The predicted octanol–water partition coefficient (Wildman–Crippen LogP) is 4.07. The topological polar surface area (TPSA) is 29.3 Å². The Hall–Kier alpha value is -0.380. The summed E-state index contributed by atoms with van der Waals surface area (Å²) in [7, 11) is 0. The van der Waals surface area contributed by atoms with Crippen LogP contribution in [0.2, 0.25) is 0 Å². The zero-order valence-corrected chi connectivity index (χ0v) is 14.7. The monoisotopic (exact) mass is 306 g/mol. The van der Waals surface area contributed by atoms with Gasteiger partial charge in [0.05, 0.1) is 0 Å². The minimum atomic E-state index is 0.353. The minimum Gasteiger partial charge on any atom is -0.327 e. The Morgan fingerprint density at radius 1 is 1.33 bits per heavy atom. The maximum Gasteiger partial charge on any atom is 0.0331 e. The molecule has 0 bridgehead atoms. The number of hydrogen-bond acceptors (Lipinski definition) is 3. The van der Waals surface area contributed by atoms with Crippen LogP contribution in [0.4, 0.5) is 0 Å². The van der Waals surface area contributed by atoms with E-state index in [1.54, 1.807) is 10.4 Å². The molecule has 0 saturated heterocycles. The Bertz CT molecular complexity index is 493. The number of rotatable bonds is 2. The molecule has 2 N–H and O–H groups in total. The van der Waals surface area contributed by atoms with Crippen molar-refractivity contribution in [3.05, 3.63) is 21.9 Å². The van der Waals surface area contributed by atoms with E-state index in [9.17, 15) is 0 Å². The van der Waals surface area contributed by atoms with Crippen LogP contribution < -0.4 is 5.73 Å². The standard InChI is InChI=1S/C18H30N2S/c1-12-16(19)6-5-14(18(12,3)4)11-20-9-7-17-15(13(20)2)8-10-21-17/h8,10,12-14,16H,5-7,9,11,19H2,1-4H3. The molecule has 1 aromatic heterocycles. The number of nitrogens with two attached hydrogens (primary N) is 1. The third-order valence-electron chi connectivity index (χ3n) is 6.58. The fourth-order valence-electron chi connectivity index (χ4n) is 4.36. The molecule has 1 saturated carbocycles. The van der Waals surface area contributed by atoms with Crippen molar-refractivity contribution in [1.82, 2.24) is 4.90 Å². The molecule has 4 unspecified atom stereocenters. The lowest BCUT2D eigenvalue weighted by molar-refractivity contribution is 0.0183. The van der Waals surface area contributed by atoms with Gasteiger partial charge in [-0.05, 0) is 60.4 Å². The van der Waals surface area contributed by atoms with Crippen LogP contribution in [0.1, 0.15) is 57.0 Å². The molecule has 3 heteroatoms. The highest BCUT2D eigenvalue weighted by Crippen LogP contribution is 2.45. The molecular formula is C18H30N2S. The van der Waals surface area contributed by atoms with Gasteiger partial charge in [-0.2, -0.15) is 0 Å². The molecule has 0 aromatic carbocycles. The van der Waals surface area contributed by atoms with Crippen molar-refractivity contribution in [2.24, 2.45) is 23.0 Å². The van der Waals surface area contributed by atoms with Gasteiger partial charge in [0.1, 0.15) is 0 Å². The van der Waals surface area contributed by atoms with E-state index < -0.39 is 0 Å². The molecule has 0 radical (unpaired) electrons.